The molecule has 1 aromatic heterocycles. The summed E-state index contributed by atoms with van der Waals surface area (Å²) in [6, 6.07) is 0.0304. The van der Waals surface area contributed by atoms with E-state index in [2.05, 4.69) is 20.0 Å². The molecule has 1 rings (SSSR count). The van der Waals surface area contributed by atoms with Crippen molar-refractivity contribution >= 4 is 6.01 Å². The third-order valence-electron chi connectivity index (χ3n) is 0.935. The molecule has 1 N–H and O–H groups in total. The Morgan fingerprint density at radius 3 is 2.82 bits per heavy atom. The molecule has 0 radical (unpaired) electrons. The molecule has 0 saturated heterocycles. The molecule has 0 bridgehead atoms. The van der Waals surface area contributed by atoms with Crippen LogP contribution in [0.4, 0.5) is 14.8 Å². The van der Waals surface area contributed by atoms with Crippen molar-refractivity contribution in [2.24, 2.45) is 0 Å². The molecule has 0 aliphatic carbocycles. The summed E-state index contributed by atoms with van der Waals surface area (Å²) in [6.45, 7) is 1.14. The lowest BCUT2D eigenvalue weighted by Gasteiger charge is -1.96. The summed E-state index contributed by atoms with van der Waals surface area (Å²) >= 11 is 0. The molecule has 0 aliphatic heterocycles. The fourth-order valence-corrected chi connectivity index (χ4v) is 0.533. The second-order valence-electron chi connectivity index (χ2n) is 1.92. The number of nitrogens with one attached hydrogen (secondary N) is 1. The highest BCUT2D eigenvalue weighted by molar-refractivity contribution is 5.17. The Morgan fingerprint density at radius 2 is 2.36 bits per heavy atom. The fourth-order valence-electron chi connectivity index (χ4n) is 0.533. The molecule has 0 fully saturated rings. The Labute approximate surface area is 61.6 Å². The van der Waals surface area contributed by atoms with Crippen molar-refractivity contribution in [3.63, 3.8) is 0 Å². The standard InChI is InChI=1S/C5H7F2N3O/c1-3-9-5(11-10-3)8-2-4(6)7/h4H,2H2,1H3,(H,8,9,10). The average molecular weight is 163 g/mol. The normalized spacial score (nSPS) is 10.5. The van der Waals surface area contributed by atoms with Gasteiger partial charge in [-0.15, -0.1) is 0 Å². The molecule has 0 unspecified atom stereocenters. The Hall–Kier alpha value is -1.20. The van der Waals surface area contributed by atoms with E-state index in [0.29, 0.717) is 5.82 Å². The van der Waals surface area contributed by atoms with Gasteiger partial charge in [-0.3, -0.25) is 0 Å². The number of hydrogen-bond donors (Lipinski definition) is 1. The molecule has 62 valence electrons. The van der Waals surface area contributed by atoms with Crippen LogP contribution in [-0.2, 0) is 0 Å². The quantitative estimate of drug-likeness (QED) is 0.723. The topological polar surface area (TPSA) is 51.0 Å². The average Bonchev–Trinajstić information content (AvgIpc) is 2.31. The van der Waals surface area contributed by atoms with Crippen molar-refractivity contribution in [1.82, 2.24) is 10.1 Å². The van der Waals surface area contributed by atoms with Crippen molar-refractivity contribution in [3.8, 4) is 0 Å². The van der Waals surface area contributed by atoms with E-state index in [4.69, 9.17) is 0 Å². The van der Waals surface area contributed by atoms with E-state index < -0.39 is 13.0 Å². The van der Waals surface area contributed by atoms with Crippen molar-refractivity contribution in [2.75, 3.05) is 11.9 Å². The Kier molecular flexibility index (Phi) is 2.35. The van der Waals surface area contributed by atoms with Gasteiger partial charge in [0.15, 0.2) is 5.82 Å². The summed E-state index contributed by atoms with van der Waals surface area (Å²) in [5.41, 5.74) is 0. The summed E-state index contributed by atoms with van der Waals surface area (Å²) in [5, 5.41) is 5.68. The number of nitrogens with zero attached hydrogens (tertiary/aromatic N) is 2. The zero-order valence-corrected chi connectivity index (χ0v) is 5.84. The lowest BCUT2D eigenvalue weighted by molar-refractivity contribution is 0.162. The van der Waals surface area contributed by atoms with E-state index in [-0.39, 0.29) is 6.01 Å². The molecule has 0 spiro atoms. The fraction of sp³-hybridized carbons (Fsp3) is 0.600. The van der Waals surface area contributed by atoms with E-state index in [1.165, 1.54) is 0 Å². The van der Waals surface area contributed by atoms with Crippen LogP contribution in [0.1, 0.15) is 5.82 Å². The van der Waals surface area contributed by atoms with Crippen LogP contribution in [0.5, 0.6) is 0 Å². The number of rotatable bonds is 3. The van der Waals surface area contributed by atoms with Gasteiger partial charge < -0.3 is 9.84 Å². The molecule has 0 aliphatic rings. The minimum Gasteiger partial charge on any atom is -0.332 e. The first kappa shape index (κ1) is 7.90. The summed E-state index contributed by atoms with van der Waals surface area (Å²) < 4.78 is 27.7. The van der Waals surface area contributed by atoms with Crippen LogP contribution in [0.25, 0.3) is 0 Å². The van der Waals surface area contributed by atoms with Crippen molar-refractivity contribution < 1.29 is 13.3 Å². The molecule has 0 aromatic carbocycles. The molecule has 4 nitrogen and oxygen atoms in total. The van der Waals surface area contributed by atoms with Crippen LogP contribution in [0, 0.1) is 6.92 Å². The predicted octanol–water partition coefficient (Wildman–Crippen LogP) is 1.06. The SMILES string of the molecule is Cc1noc(NCC(F)F)n1. The van der Waals surface area contributed by atoms with Gasteiger partial charge in [-0.05, 0) is 6.92 Å². The minimum absolute atomic E-state index is 0.0304. The van der Waals surface area contributed by atoms with Crippen molar-refractivity contribution in [3.05, 3.63) is 5.82 Å². The van der Waals surface area contributed by atoms with Crippen LogP contribution < -0.4 is 5.32 Å². The summed E-state index contributed by atoms with van der Waals surface area (Å²) in [6.07, 6.45) is -2.41. The van der Waals surface area contributed by atoms with E-state index in [1.54, 1.807) is 6.92 Å². The van der Waals surface area contributed by atoms with Gasteiger partial charge in [-0.1, -0.05) is 5.16 Å². The van der Waals surface area contributed by atoms with Gasteiger partial charge in [0.25, 0.3) is 6.43 Å². The Morgan fingerprint density at radius 1 is 1.64 bits per heavy atom. The molecule has 1 heterocycles. The molecular weight excluding hydrogens is 156 g/mol. The molecule has 1 aromatic rings. The predicted molar refractivity (Wildman–Crippen MR) is 33.5 cm³/mol. The third kappa shape index (κ3) is 2.48. The maximum absolute atomic E-state index is 11.6. The first-order valence-corrected chi connectivity index (χ1v) is 3.01. The van der Waals surface area contributed by atoms with Gasteiger partial charge in [-0.25, -0.2) is 8.78 Å². The number of aryl methyl sites for hydroxylation is 1. The summed E-state index contributed by atoms with van der Waals surface area (Å²) in [7, 11) is 0. The molecule has 11 heavy (non-hydrogen) atoms. The summed E-state index contributed by atoms with van der Waals surface area (Å²) in [4.78, 5) is 3.66. The lowest BCUT2D eigenvalue weighted by atomic mass is 10.7. The second-order valence-corrected chi connectivity index (χ2v) is 1.92. The van der Waals surface area contributed by atoms with E-state index in [9.17, 15) is 8.78 Å². The number of aromatic nitrogens is 2. The van der Waals surface area contributed by atoms with Gasteiger partial charge in [0, 0.05) is 0 Å². The molecular formula is C5H7F2N3O. The minimum atomic E-state index is -2.41. The second kappa shape index (κ2) is 3.27. The zero-order valence-electron chi connectivity index (χ0n) is 5.84. The number of alkyl halides is 2. The van der Waals surface area contributed by atoms with Crippen LogP contribution in [0.2, 0.25) is 0 Å². The molecule has 0 saturated carbocycles. The monoisotopic (exact) mass is 163 g/mol. The van der Waals surface area contributed by atoms with Crippen molar-refractivity contribution in [1.29, 1.82) is 0 Å². The highest BCUT2D eigenvalue weighted by Crippen LogP contribution is 2.02. The highest BCUT2D eigenvalue weighted by atomic mass is 19.3. The van der Waals surface area contributed by atoms with Crippen LogP contribution in [0.3, 0.4) is 0 Å². The first-order valence-electron chi connectivity index (χ1n) is 3.01. The van der Waals surface area contributed by atoms with Gasteiger partial charge >= 0.3 is 6.01 Å². The first-order chi connectivity index (χ1) is 5.18. The molecule has 0 atom stereocenters. The highest BCUT2D eigenvalue weighted by Gasteiger charge is 2.05. The van der Waals surface area contributed by atoms with Gasteiger partial charge in [0.2, 0.25) is 0 Å². The van der Waals surface area contributed by atoms with Gasteiger partial charge in [0.05, 0.1) is 6.54 Å². The van der Waals surface area contributed by atoms with Crippen LogP contribution in [-0.4, -0.2) is 23.1 Å². The third-order valence-corrected chi connectivity index (χ3v) is 0.935. The van der Waals surface area contributed by atoms with E-state index in [1.807, 2.05) is 0 Å². The van der Waals surface area contributed by atoms with Crippen molar-refractivity contribution in [2.45, 2.75) is 13.3 Å². The van der Waals surface area contributed by atoms with Crippen LogP contribution in [0.15, 0.2) is 4.52 Å². The van der Waals surface area contributed by atoms with E-state index in [0.717, 1.165) is 0 Å². The zero-order chi connectivity index (χ0) is 8.27. The lowest BCUT2D eigenvalue weighted by Crippen LogP contribution is -2.10. The Bertz CT molecular complexity index is 225. The Balaban J connectivity index is 2.39. The van der Waals surface area contributed by atoms with Gasteiger partial charge in [0.1, 0.15) is 0 Å². The van der Waals surface area contributed by atoms with Crippen LogP contribution >= 0.6 is 0 Å². The van der Waals surface area contributed by atoms with E-state index >= 15 is 0 Å². The van der Waals surface area contributed by atoms with Gasteiger partial charge in [-0.2, -0.15) is 4.98 Å². The molecule has 0 amide bonds. The molecule has 6 heteroatoms. The number of halogens is 2. The number of anilines is 1. The smallest absolute Gasteiger partial charge is 0.321 e. The maximum Gasteiger partial charge on any atom is 0.321 e. The maximum atomic E-state index is 11.6. The number of hydrogen-bond acceptors (Lipinski definition) is 4. The summed E-state index contributed by atoms with van der Waals surface area (Å²) in [5.74, 6) is 0.418. The largest absolute Gasteiger partial charge is 0.332 e.